The van der Waals surface area contributed by atoms with Crippen molar-refractivity contribution in [2.75, 3.05) is 13.0 Å². The van der Waals surface area contributed by atoms with E-state index < -0.39 is 22.4 Å². The van der Waals surface area contributed by atoms with Crippen molar-refractivity contribution in [2.24, 2.45) is 0 Å². The van der Waals surface area contributed by atoms with Crippen molar-refractivity contribution >= 4 is 17.4 Å². The number of hydrogen-bond donors (Lipinski definition) is 1. The maximum atomic E-state index is 12.8. The molecule has 146 valence electrons. The number of nitrogens with zero attached hydrogens (tertiary/aromatic N) is 4. The molecule has 0 fully saturated rings. The molecule has 0 aliphatic rings. The molecule has 0 aliphatic carbocycles. The van der Waals surface area contributed by atoms with Crippen molar-refractivity contribution in [2.45, 2.75) is 16.2 Å². The van der Waals surface area contributed by atoms with Gasteiger partial charge < -0.3 is 10.6 Å². The molecule has 2 N–H and O–H groups in total. The summed E-state index contributed by atoms with van der Waals surface area (Å²) >= 11 is 0.738. The number of nitro benzene ring substituents is 1. The Morgan fingerprint density at radius 1 is 1.21 bits per heavy atom. The first kappa shape index (κ1) is 19.5. The molecule has 12 heteroatoms. The molecule has 0 atom stereocenters. The third-order valence-electron chi connectivity index (χ3n) is 3.68. The zero-order chi connectivity index (χ0) is 20.5. The van der Waals surface area contributed by atoms with Gasteiger partial charge >= 0.3 is 6.18 Å². The first-order valence-electron chi connectivity index (χ1n) is 7.59. The maximum Gasteiger partial charge on any atom is 0.416 e. The summed E-state index contributed by atoms with van der Waals surface area (Å²) in [6.45, 7) is 0. The van der Waals surface area contributed by atoms with E-state index in [1.54, 1.807) is 24.3 Å². The Bertz CT molecular complexity index is 1040. The van der Waals surface area contributed by atoms with E-state index in [0.29, 0.717) is 17.4 Å². The lowest BCUT2D eigenvalue weighted by Crippen LogP contribution is -2.11. The fraction of sp³-hybridized carbons (Fsp3) is 0.125. The number of halogens is 3. The number of aromatic nitrogens is 3. The molecule has 0 saturated heterocycles. The van der Waals surface area contributed by atoms with E-state index in [9.17, 15) is 23.3 Å². The second-order valence-corrected chi connectivity index (χ2v) is 6.46. The number of nitrogen functional groups attached to an aromatic ring is 1. The first-order chi connectivity index (χ1) is 13.2. The van der Waals surface area contributed by atoms with E-state index in [2.05, 4.69) is 10.2 Å². The highest BCUT2D eigenvalue weighted by molar-refractivity contribution is 7.99. The molecule has 0 bridgehead atoms. The Morgan fingerprint density at radius 3 is 2.61 bits per heavy atom. The Hall–Kier alpha value is -3.28. The number of benzene rings is 2. The van der Waals surface area contributed by atoms with Gasteiger partial charge in [-0.1, -0.05) is 12.1 Å². The topological polar surface area (TPSA) is 109 Å². The number of nitrogens with two attached hydrogens (primary N) is 1. The molecular formula is C16H12F3N5O3S. The normalized spacial score (nSPS) is 11.4. The quantitative estimate of drug-likeness (QED) is 0.387. The maximum absolute atomic E-state index is 12.8. The van der Waals surface area contributed by atoms with Gasteiger partial charge in [0, 0.05) is 11.6 Å². The van der Waals surface area contributed by atoms with Crippen LogP contribution in [0.1, 0.15) is 5.56 Å². The summed E-state index contributed by atoms with van der Waals surface area (Å²) < 4.78 is 44.7. The molecule has 1 aromatic heterocycles. The molecule has 3 rings (SSSR count). The van der Waals surface area contributed by atoms with Crippen molar-refractivity contribution in [3.05, 3.63) is 58.1 Å². The average Bonchev–Trinajstić information content (AvgIpc) is 3.01. The van der Waals surface area contributed by atoms with Gasteiger partial charge in [0.2, 0.25) is 5.16 Å². The van der Waals surface area contributed by atoms with E-state index in [-0.39, 0.29) is 15.9 Å². The van der Waals surface area contributed by atoms with Gasteiger partial charge in [-0.2, -0.15) is 13.2 Å². The predicted molar refractivity (Wildman–Crippen MR) is 94.4 cm³/mol. The second-order valence-electron chi connectivity index (χ2n) is 5.45. The summed E-state index contributed by atoms with van der Waals surface area (Å²) in [5.41, 5.74) is -1.23. The summed E-state index contributed by atoms with van der Waals surface area (Å²) in [4.78, 5) is 10.3. The predicted octanol–water partition coefficient (Wildman–Crippen LogP) is 3.75. The molecule has 0 spiro atoms. The average molecular weight is 411 g/mol. The van der Waals surface area contributed by atoms with Gasteiger partial charge in [0.05, 0.1) is 22.5 Å². The lowest BCUT2D eigenvalue weighted by Gasteiger charge is -2.08. The molecule has 1 heterocycles. The smallest absolute Gasteiger partial charge is 0.416 e. The van der Waals surface area contributed by atoms with Gasteiger partial charge in [0.25, 0.3) is 5.69 Å². The number of nitro groups is 1. The third-order valence-corrected chi connectivity index (χ3v) is 4.70. The Kier molecular flexibility index (Phi) is 5.14. The van der Waals surface area contributed by atoms with Crippen LogP contribution in [0.15, 0.2) is 52.5 Å². The van der Waals surface area contributed by atoms with E-state index in [1.165, 1.54) is 7.11 Å². The fourth-order valence-corrected chi connectivity index (χ4v) is 3.16. The van der Waals surface area contributed by atoms with Crippen LogP contribution in [0.5, 0.6) is 5.75 Å². The fourth-order valence-electron chi connectivity index (χ4n) is 2.33. The van der Waals surface area contributed by atoms with Crippen LogP contribution >= 0.6 is 11.8 Å². The van der Waals surface area contributed by atoms with Crippen LogP contribution in [0.2, 0.25) is 0 Å². The summed E-state index contributed by atoms with van der Waals surface area (Å²) in [5, 5.41) is 19.1. The van der Waals surface area contributed by atoms with Crippen LogP contribution in [-0.4, -0.2) is 26.9 Å². The van der Waals surface area contributed by atoms with E-state index in [1.807, 2.05) is 0 Å². The summed E-state index contributed by atoms with van der Waals surface area (Å²) in [5.74, 6) is 6.80. The molecule has 0 amide bonds. The van der Waals surface area contributed by atoms with Gasteiger partial charge in [0.15, 0.2) is 5.82 Å². The summed E-state index contributed by atoms with van der Waals surface area (Å²) in [6.07, 6.45) is -4.69. The first-order valence-corrected chi connectivity index (χ1v) is 8.40. The number of hydrogen-bond acceptors (Lipinski definition) is 7. The van der Waals surface area contributed by atoms with Gasteiger partial charge in [0.1, 0.15) is 5.75 Å². The highest BCUT2D eigenvalue weighted by atomic mass is 32.2. The minimum Gasteiger partial charge on any atom is -0.497 e. The van der Waals surface area contributed by atoms with Crippen LogP contribution in [0.25, 0.3) is 11.4 Å². The van der Waals surface area contributed by atoms with Gasteiger partial charge in [-0.25, -0.2) is 4.68 Å². The van der Waals surface area contributed by atoms with E-state index in [4.69, 9.17) is 10.6 Å². The van der Waals surface area contributed by atoms with Crippen LogP contribution in [-0.2, 0) is 6.18 Å². The number of methoxy groups -OCH3 is 1. The minimum absolute atomic E-state index is 0.0470. The monoisotopic (exact) mass is 411 g/mol. The molecule has 28 heavy (non-hydrogen) atoms. The highest BCUT2D eigenvalue weighted by Gasteiger charge is 2.33. The van der Waals surface area contributed by atoms with Crippen LogP contribution in [0.4, 0.5) is 18.9 Å². The molecule has 0 unspecified atom stereocenters. The number of ether oxygens (including phenoxy) is 1. The van der Waals surface area contributed by atoms with Gasteiger partial charge in [-0.3, -0.25) is 10.1 Å². The highest BCUT2D eigenvalue weighted by Crippen LogP contribution is 2.39. The third kappa shape index (κ3) is 3.86. The lowest BCUT2D eigenvalue weighted by atomic mass is 10.2. The number of alkyl halides is 3. The molecule has 0 radical (unpaired) electrons. The van der Waals surface area contributed by atoms with Gasteiger partial charge in [-0.15, -0.1) is 10.2 Å². The molecule has 3 aromatic rings. The second kappa shape index (κ2) is 7.38. The molecule has 0 saturated carbocycles. The molecule has 8 nitrogen and oxygen atoms in total. The van der Waals surface area contributed by atoms with Crippen molar-refractivity contribution < 1.29 is 22.8 Å². The Labute approximate surface area is 160 Å². The van der Waals surface area contributed by atoms with Crippen LogP contribution in [0, 0.1) is 10.1 Å². The standard InChI is InChI=1S/C16H12F3N5O3S/c1-27-11-4-2-3-9(7-11)14-21-22-15(23(14)20)28-13-6-5-10(16(17,18)19)8-12(13)24(25)26/h2-8H,20H2,1H3. The minimum atomic E-state index is -4.69. The van der Waals surface area contributed by atoms with Crippen molar-refractivity contribution in [1.82, 2.24) is 14.9 Å². The van der Waals surface area contributed by atoms with Crippen molar-refractivity contribution in [1.29, 1.82) is 0 Å². The van der Waals surface area contributed by atoms with Gasteiger partial charge in [-0.05, 0) is 36.0 Å². The Balaban J connectivity index is 1.97. The van der Waals surface area contributed by atoms with E-state index >= 15 is 0 Å². The van der Waals surface area contributed by atoms with Crippen LogP contribution in [0.3, 0.4) is 0 Å². The SMILES string of the molecule is COc1cccc(-c2nnc(Sc3ccc(C(F)(F)F)cc3[N+](=O)[O-])n2N)c1. The molecule has 0 aliphatic heterocycles. The Morgan fingerprint density at radius 2 is 1.96 bits per heavy atom. The number of rotatable bonds is 5. The largest absolute Gasteiger partial charge is 0.497 e. The molecule has 2 aromatic carbocycles. The van der Waals surface area contributed by atoms with Crippen molar-refractivity contribution in [3.63, 3.8) is 0 Å². The van der Waals surface area contributed by atoms with E-state index in [0.717, 1.165) is 28.6 Å². The zero-order valence-electron chi connectivity index (χ0n) is 14.2. The summed E-state index contributed by atoms with van der Waals surface area (Å²) in [7, 11) is 1.50. The summed E-state index contributed by atoms with van der Waals surface area (Å²) in [6, 6.07) is 9.06. The molecular weight excluding hydrogens is 399 g/mol. The lowest BCUT2D eigenvalue weighted by molar-refractivity contribution is -0.388. The van der Waals surface area contributed by atoms with Crippen molar-refractivity contribution in [3.8, 4) is 17.1 Å². The zero-order valence-corrected chi connectivity index (χ0v) is 15.0. The van der Waals surface area contributed by atoms with Crippen LogP contribution < -0.4 is 10.6 Å².